The van der Waals surface area contributed by atoms with Crippen LogP contribution < -0.4 is 0 Å². The minimum atomic E-state index is 0.457. The van der Waals surface area contributed by atoms with Crippen molar-refractivity contribution in [2.75, 3.05) is 0 Å². The number of pyridine rings is 1. The Labute approximate surface area is 76.3 Å². The van der Waals surface area contributed by atoms with Crippen LogP contribution in [0.1, 0.15) is 0 Å². The highest BCUT2D eigenvalue weighted by atomic mass is 79.9. The monoisotopic (exact) mass is 231 g/mol. The van der Waals surface area contributed by atoms with Gasteiger partial charge in [0.2, 0.25) is 0 Å². The zero-order chi connectivity index (χ0) is 7.84. The molecule has 0 spiro atoms. The molecular weight excluding hydrogens is 229 g/mol. The highest BCUT2D eigenvalue weighted by Gasteiger charge is 2.03. The van der Waals surface area contributed by atoms with E-state index in [1.165, 1.54) is 0 Å². The van der Waals surface area contributed by atoms with Crippen LogP contribution in [0.3, 0.4) is 0 Å². The zero-order valence-electron chi connectivity index (χ0n) is 5.34. The van der Waals surface area contributed by atoms with E-state index < -0.39 is 0 Å². The minimum Gasteiger partial charge on any atom is -0.463 e. The van der Waals surface area contributed by atoms with Gasteiger partial charge in [-0.3, -0.25) is 0 Å². The Hall–Kier alpha value is -0.540. The summed E-state index contributed by atoms with van der Waals surface area (Å²) in [4.78, 5) is 4.06. The number of hydrogen-bond donors (Lipinski definition) is 0. The Morgan fingerprint density at radius 1 is 1.55 bits per heavy atom. The van der Waals surface area contributed by atoms with Gasteiger partial charge in [-0.05, 0) is 15.9 Å². The van der Waals surface area contributed by atoms with Gasteiger partial charge in [0.15, 0.2) is 5.58 Å². The van der Waals surface area contributed by atoms with Crippen molar-refractivity contribution in [3.05, 3.63) is 28.0 Å². The van der Waals surface area contributed by atoms with E-state index >= 15 is 0 Å². The Kier molecular flexibility index (Phi) is 1.62. The van der Waals surface area contributed by atoms with Gasteiger partial charge in [-0.2, -0.15) is 0 Å². The summed E-state index contributed by atoms with van der Waals surface area (Å²) < 4.78 is 5.85. The normalized spacial score (nSPS) is 10.7. The molecule has 0 N–H and O–H groups in total. The molecule has 11 heavy (non-hydrogen) atoms. The van der Waals surface area contributed by atoms with Crippen LogP contribution in [0.2, 0.25) is 5.15 Å². The lowest BCUT2D eigenvalue weighted by atomic mass is 10.4. The third-order valence-electron chi connectivity index (χ3n) is 1.35. The molecule has 0 aliphatic carbocycles. The topological polar surface area (TPSA) is 26.0 Å². The van der Waals surface area contributed by atoms with Crippen molar-refractivity contribution in [2.45, 2.75) is 0 Å². The third-order valence-corrected chi connectivity index (χ3v) is 2.47. The molecule has 0 bridgehead atoms. The highest BCUT2D eigenvalue weighted by molar-refractivity contribution is 9.10. The molecule has 2 rings (SSSR count). The molecule has 0 aliphatic heterocycles. The first kappa shape index (κ1) is 7.13. The van der Waals surface area contributed by atoms with Gasteiger partial charge in [0.1, 0.15) is 10.7 Å². The van der Waals surface area contributed by atoms with E-state index in [-0.39, 0.29) is 0 Å². The number of furan rings is 1. The van der Waals surface area contributed by atoms with Crippen LogP contribution in [0.4, 0.5) is 0 Å². The van der Waals surface area contributed by atoms with Gasteiger partial charge in [0.25, 0.3) is 0 Å². The van der Waals surface area contributed by atoms with Crippen molar-refractivity contribution in [2.24, 2.45) is 0 Å². The Bertz CT molecular complexity index is 362. The molecule has 0 amide bonds. The standard InChI is InChI=1S/C7H3BrClNO/c8-4-3-6-5(1-2-11-6)10-7(4)9/h1-3H. The fraction of sp³-hybridized carbons (Fsp3) is 0. The summed E-state index contributed by atoms with van der Waals surface area (Å²) in [5.74, 6) is 0. The first-order chi connectivity index (χ1) is 5.27. The van der Waals surface area contributed by atoms with Crippen LogP contribution >= 0.6 is 27.5 Å². The molecule has 2 heterocycles. The molecule has 0 radical (unpaired) electrons. The van der Waals surface area contributed by atoms with Crippen molar-refractivity contribution in [3.63, 3.8) is 0 Å². The average molecular weight is 232 g/mol. The maximum absolute atomic E-state index is 5.74. The first-order valence-electron chi connectivity index (χ1n) is 2.96. The van der Waals surface area contributed by atoms with Crippen LogP contribution in [0.25, 0.3) is 11.1 Å². The molecular formula is C7H3BrClNO. The van der Waals surface area contributed by atoms with Crippen LogP contribution in [-0.4, -0.2) is 4.98 Å². The molecule has 2 aromatic rings. The lowest BCUT2D eigenvalue weighted by Crippen LogP contribution is -1.76. The molecule has 4 heteroatoms. The predicted octanol–water partition coefficient (Wildman–Crippen LogP) is 3.24. The first-order valence-corrected chi connectivity index (χ1v) is 4.14. The van der Waals surface area contributed by atoms with E-state index in [0.717, 1.165) is 15.6 Å². The SMILES string of the molecule is Clc1nc2ccoc2cc1Br. The van der Waals surface area contributed by atoms with Crippen molar-refractivity contribution in [1.29, 1.82) is 0 Å². The molecule has 0 aromatic carbocycles. The largest absolute Gasteiger partial charge is 0.463 e. The third kappa shape index (κ3) is 1.14. The maximum atomic E-state index is 5.74. The zero-order valence-corrected chi connectivity index (χ0v) is 7.69. The van der Waals surface area contributed by atoms with Gasteiger partial charge in [-0.25, -0.2) is 4.98 Å². The van der Waals surface area contributed by atoms with Crippen molar-refractivity contribution in [1.82, 2.24) is 4.98 Å². The Morgan fingerprint density at radius 3 is 3.18 bits per heavy atom. The number of aromatic nitrogens is 1. The summed E-state index contributed by atoms with van der Waals surface area (Å²) in [5.41, 5.74) is 1.51. The molecule has 0 unspecified atom stereocenters. The van der Waals surface area contributed by atoms with Gasteiger partial charge >= 0.3 is 0 Å². The number of fused-ring (bicyclic) bond motifs is 1. The lowest BCUT2D eigenvalue weighted by molar-refractivity contribution is 0.615. The second-order valence-corrected chi connectivity index (χ2v) is 3.28. The average Bonchev–Trinajstić information content (AvgIpc) is 2.36. The summed E-state index contributed by atoms with van der Waals surface area (Å²) in [7, 11) is 0. The van der Waals surface area contributed by atoms with Crippen LogP contribution in [0.5, 0.6) is 0 Å². The van der Waals surface area contributed by atoms with Gasteiger partial charge in [0, 0.05) is 12.1 Å². The fourth-order valence-electron chi connectivity index (χ4n) is 0.848. The molecule has 0 saturated carbocycles. The number of nitrogens with zero attached hydrogens (tertiary/aromatic N) is 1. The summed E-state index contributed by atoms with van der Waals surface area (Å²) in [6.07, 6.45) is 1.58. The summed E-state index contributed by atoms with van der Waals surface area (Å²) in [5, 5.41) is 0.457. The maximum Gasteiger partial charge on any atom is 0.153 e. The van der Waals surface area contributed by atoms with E-state index in [1.54, 1.807) is 18.4 Å². The van der Waals surface area contributed by atoms with Crippen molar-refractivity contribution >= 4 is 38.6 Å². The molecule has 2 nitrogen and oxygen atoms in total. The Balaban J connectivity index is 2.86. The second kappa shape index (κ2) is 2.50. The van der Waals surface area contributed by atoms with Gasteiger partial charge in [-0.1, -0.05) is 11.6 Å². The van der Waals surface area contributed by atoms with Crippen LogP contribution in [0.15, 0.2) is 27.3 Å². The Morgan fingerprint density at radius 2 is 2.36 bits per heavy atom. The predicted molar refractivity (Wildman–Crippen MR) is 46.7 cm³/mol. The molecule has 0 aliphatic rings. The lowest BCUT2D eigenvalue weighted by Gasteiger charge is -1.92. The molecule has 0 fully saturated rings. The van der Waals surface area contributed by atoms with Crippen LogP contribution in [0, 0.1) is 0 Å². The number of halogens is 2. The molecule has 0 saturated heterocycles. The van der Waals surface area contributed by atoms with E-state index in [4.69, 9.17) is 16.0 Å². The fourth-order valence-corrected chi connectivity index (χ4v) is 1.29. The number of hydrogen-bond acceptors (Lipinski definition) is 2. The van der Waals surface area contributed by atoms with Crippen molar-refractivity contribution in [3.8, 4) is 0 Å². The van der Waals surface area contributed by atoms with Crippen LogP contribution in [-0.2, 0) is 0 Å². The minimum absolute atomic E-state index is 0.457. The van der Waals surface area contributed by atoms with E-state index in [0.29, 0.717) is 5.15 Å². The van der Waals surface area contributed by atoms with E-state index in [9.17, 15) is 0 Å². The van der Waals surface area contributed by atoms with Gasteiger partial charge in [0.05, 0.1) is 10.7 Å². The smallest absolute Gasteiger partial charge is 0.153 e. The van der Waals surface area contributed by atoms with Gasteiger partial charge < -0.3 is 4.42 Å². The highest BCUT2D eigenvalue weighted by Crippen LogP contribution is 2.25. The summed E-state index contributed by atoms with van der Waals surface area (Å²) in [6.45, 7) is 0. The molecule has 2 aromatic heterocycles. The number of rotatable bonds is 0. The summed E-state index contributed by atoms with van der Waals surface area (Å²) in [6, 6.07) is 3.57. The quantitative estimate of drug-likeness (QED) is 0.652. The van der Waals surface area contributed by atoms with E-state index in [2.05, 4.69) is 20.9 Å². The van der Waals surface area contributed by atoms with E-state index in [1.807, 2.05) is 0 Å². The summed E-state index contributed by atoms with van der Waals surface area (Å²) >= 11 is 8.99. The molecule has 0 atom stereocenters. The van der Waals surface area contributed by atoms with Gasteiger partial charge in [-0.15, -0.1) is 0 Å². The van der Waals surface area contributed by atoms with Crippen molar-refractivity contribution < 1.29 is 4.42 Å². The molecule has 56 valence electrons. The second-order valence-electron chi connectivity index (χ2n) is 2.06.